The summed E-state index contributed by atoms with van der Waals surface area (Å²) in [6, 6.07) is 26.4. The van der Waals surface area contributed by atoms with Gasteiger partial charge in [-0.25, -0.2) is 0 Å². The first-order chi connectivity index (χ1) is 10.2. The topological polar surface area (TPSA) is 20.2 Å². The van der Waals surface area contributed by atoms with Crippen LogP contribution in [0.25, 0.3) is 11.1 Å². The van der Waals surface area contributed by atoms with Crippen molar-refractivity contribution in [3.8, 4) is 11.1 Å². The van der Waals surface area contributed by atoms with Gasteiger partial charge in [-0.05, 0) is 29.2 Å². The van der Waals surface area contributed by atoms with E-state index >= 15 is 0 Å². The molecule has 0 saturated heterocycles. The van der Waals surface area contributed by atoms with Crippen LogP contribution in [0, 0.1) is 6.92 Å². The average molecular weight is 274 g/mol. The lowest BCUT2D eigenvalue weighted by Gasteiger charge is -2.12. The predicted octanol–water partition coefficient (Wildman–Crippen LogP) is 4.74. The Bertz CT molecular complexity index is 697. The lowest BCUT2D eigenvalue weighted by atomic mass is 9.98. The van der Waals surface area contributed by atoms with Gasteiger partial charge in [0.05, 0.1) is 0 Å². The Morgan fingerprint density at radius 2 is 1.10 bits per heavy atom. The quantitative estimate of drug-likeness (QED) is 0.731. The van der Waals surface area contributed by atoms with Crippen molar-refractivity contribution >= 4 is 0 Å². The third-order valence-electron chi connectivity index (χ3n) is 3.73. The number of aliphatic hydroxyl groups is 1. The zero-order valence-corrected chi connectivity index (χ0v) is 12.0. The largest absolute Gasteiger partial charge is 0.384 e. The minimum atomic E-state index is -0.574. The molecule has 0 radical (unpaired) electrons. The highest BCUT2D eigenvalue weighted by Gasteiger charge is 2.10. The molecule has 21 heavy (non-hydrogen) atoms. The van der Waals surface area contributed by atoms with E-state index in [0.29, 0.717) is 0 Å². The molecule has 1 nitrogen and oxygen atoms in total. The van der Waals surface area contributed by atoms with E-state index in [1.54, 1.807) is 0 Å². The van der Waals surface area contributed by atoms with Gasteiger partial charge in [0, 0.05) is 0 Å². The summed E-state index contributed by atoms with van der Waals surface area (Å²) in [7, 11) is 0. The first-order valence-corrected chi connectivity index (χ1v) is 7.14. The van der Waals surface area contributed by atoms with Crippen molar-refractivity contribution in [3.63, 3.8) is 0 Å². The van der Waals surface area contributed by atoms with Crippen LogP contribution >= 0.6 is 0 Å². The van der Waals surface area contributed by atoms with Crippen LogP contribution in [0.3, 0.4) is 0 Å². The van der Waals surface area contributed by atoms with Gasteiger partial charge in [0.25, 0.3) is 0 Å². The van der Waals surface area contributed by atoms with Gasteiger partial charge in [0.2, 0.25) is 0 Å². The van der Waals surface area contributed by atoms with Gasteiger partial charge >= 0.3 is 0 Å². The summed E-state index contributed by atoms with van der Waals surface area (Å²) in [6.45, 7) is 2.05. The molecule has 3 rings (SSSR count). The molecule has 0 aliphatic rings. The first-order valence-electron chi connectivity index (χ1n) is 7.14. The van der Waals surface area contributed by atoms with Gasteiger partial charge in [-0.15, -0.1) is 0 Å². The van der Waals surface area contributed by atoms with Crippen LogP contribution in [0.15, 0.2) is 78.9 Å². The zero-order valence-electron chi connectivity index (χ0n) is 12.0. The minimum absolute atomic E-state index is 0.574. The monoisotopic (exact) mass is 274 g/mol. The van der Waals surface area contributed by atoms with Crippen molar-refractivity contribution in [2.75, 3.05) is 0 Å². The third kappa shape index (κ3) is 3.04. The smallest absolute Gasteiger partial charge is 0.104 e. The van der Waals surface area contributed by atoms with Crippen molar-refractivity contribution in [2.24, 2.45) is 0 Å². The second kappa shape index (κ2) is 5.94. The molecule has 0 aromatic heterocycles. The van der Waals surface area contributed by atoms with Gasteiger partial charge in [-0.1, -0.05) is 84.4 Å². The van der Waals surface area contributed by atoms with E-state index in [9.17, 15) is 5.11 Å². The van der Waals surface area contributed by atoms with Crippen molar-refractivity contribution < 1.29 is 5.11 Å². The maximum absolute atomic E-state index is 10.4. The highest BCUT2D eigenvalue weighted by molar-refractivity contribution is 5.63. The number of rotatable bonds is 3. The fraction of sp³-hybridized carbons (Fsp3) is 0.100. The van der Waals surface area contributed by atoms with Crippen LogP contribution in [-0.4, -0.2) is 5.11 Å². The molecule has 1 N–H and O–H groups in total. The van der Waals surface area contributed by atoms with Gasteiger partial charge in [-0.2, -0.15) is 0 Å². The van der Waals surface area contributed by atoms with E-state index in [0.717, 1.165) is 16.7 Å². The second-order valence-corrected chi connectivity index (χ2v) is 5.30. The molecule has 1 heteroatoms. The highest BCUT2D eigenvalue weighted by Crippen LogP contribution is 2.25. The molecule has 0 fully saturated rings. The maximum Gasteiger partial charge on any atom is 0.104 e. The number of benzene rings is 3. The molecule has 0 aliphatic heterocycles. The molecule has 104 valence electrons. The lowest BCUT2D eigenvalue weighted by Crippen LogP contribution is -1.99. The summed E-state index contributed by atoms with van der Waals surface area (Å²) in [6.07, 6.45) is -0.574. The van der Waals surface area contributed by atoms with E-state index < -0.39 is 6.10 Å². The summed E-state index contributed by atoms with van der Waals surface area (Å²) in [4.78, 5) is 0. The Hall–Kier alpha value is -2.38. The molecule has 0 amide bonds. The van der Waals surface area contributed by atoms with E-state index in [1.165, 1.54) is 11.1 Å². The molecule has 0 saturated carbocycles. The standard InChI is InChI=1S/C20H18O/c1-15-7-9-18(10-8-15)20(21)19-13-11-17(12-14-19)16-5-3-2-4-6-16/h2-14,20-21H,1H3. The SMILES string of the molecule is Cc1ccc(C(O)c2ccc(-c3ccccc3)cc2)cc1. The Morgan fingerprint density at radius 1 is 0.619 bits per heavy atom. The molecule has 3 aromatic rings. The first kappa shape index (κ1) is 13.6. The summed E-state index contributed by atoms with van der Waals surface area (Å²) in [5.41, 5.74) is 5.39. The van der Waals surface area contributed by atoms with Crippen molar-refractivity contribution in [1.29, 1.82) is 0 Å². The molecule has 0 spiro atoms. The summed E-state index contributed by atoms with van der Waals surface area (Å²) >= 11 is 0. The van der Waals surface area contributed by atoms with Gasteiger partial charge in [0.1, 0.15) is 6.10 Å². The van der Waals surface area contributed by atoms with Crippen molar-refractivity contribution in [3.05, 3.63) is 95.6 Å². The average Bonchev–Trinajstić information content (AvgIpc) is 2.56. The van der Waals surface area contributed by atoms with Crippen LogP contribution < -0.4 is 0 Å². The predicted molar refractivity (Wildman–Crippen MR) is 87.1 cm³/mol. The number of hydrogen-bond donors (Lipinski definition) is 1. The Morgan fingerprint density at radius 3 is 1.67 bits per heavy atom. The summed E-state index contributed by atoms with van der Waals surface area (Å²) < 4.78 is 0. The molecule has 1 unspecified atom stereocenters. The molecule has 3 aromatic carbocycles. The summed E-state index contributed by atoms with van der Waals surface area (Å²) in [5, 5.41) is 10.4. The van der Waals surface area contributed by atoms with Crippen molar-refractivity contribution in [1.82, 2.24) is 0 Å². The lowest BCUT2D eigenvalue weighted by molar-refractivity contribution is 0.220. The zero-order chi connectivity index (χ0) is 14.7. The molecule has 0 bridgehead atoms. The van der Waals surface area contributed by atoms with E-state index in [2.05, 4.69) is 24.3 Å². The molecular weight excluding hydrogens is 256 g/mol. The summed E-state index contributed by atoms with van der Waals surface area (Å²) in [5.74, 6) is 0. The molecule has 0 aliphatic carbocycles. The minimum Gasteiger partial charge on any atom is -0.384 e. The number of aliphatic hydroxyl groups excluding tert-OH is 1. The third-order valence-corrected chi connectivity index (χ3v) is 3.73. The van der Waals surface area contributed by atoms with Gasteiger partial charge in [0.15, 0.2) is 0 Å². The van der Waals surface area contributed by atoms with Crippen LogP contribution in [0.4, 0.5) is 0 Å². The second-order valence-electron chi connectivity index (χ2n) is 5.30. The van der Waals surface area contributed by atoms with Crippen LogP contribution in [0.5, 0.6) is 0 Å². The molecular formula is C20H18O. The fourth-order valence-electron chi connectivity index (χ4n) is 2.43. The normalized spacial score (nSPS) is 12.1. The van der Waals surface area contributed by atoms with Gasteiger partial charge < -0.3 is 5.11 Å². The van der Waals surface area contributed by atoms with Crippen molar-refractivity contribution in [2.45, 2.75) is 13.0 Å². The maximum atomic E-state index is 10.4. The number of aryl methyl sites for hydroxylation is 1. The molecule has 0 heterocycles. The fourth-order valence-corrected chi connectivity index (χ4v) is 2.43. The Labute approximate surface area is 125 Å². The van der Waals surface area contributed by atoms with E-state index in [-0.39, 0.29) is 0 Å². The highest BCUT2D eigenvalue weighted by atomic mass is 16.3. The van der Waals surface area contributed by atoms with E-state index in [1.807, 2.05) is 61.5 Å². The molecule has 1 atom stereocenters. The van der Waals surface area contributed by atoms with Gasteiger partial charge in [-0.3, -0.25) is 0 Å². The van der Waals surface area contributed by atoms with Crippen LogP contribution in [0.1, 0.15) is 22.8 Å². The van der Waals surface area contributed by atoms with Crippen LogP contribution in [-0.2, 0) is 0 Å². The Balaban J connectivity index is 1.85. The van der Waals surface area contributed by atoms with E-state index in [4.69, 9.17) is 0 Å². The Kier molecular flexibility index (Phi) is 3.85. The number of hydrogen-bond acceptors (Lipinski definition) is 1. The van der Waals surface area contributed by atoms with Crippen LogP contribution in [0.2, 0.25) is 0 Å².